The fourth-order valence-corrected chi connectivity index (χ4v) is 7.30. The van der Waals surface area contributed by atoms with E-state index in [1.807, 2.05) is 19.1 Å². The summed E-state index contributed by atoms with van der Waals surface area (Å²) in [6.07, 6.45) is 2.05. The SMILES string of the molecule is COC(=O)/C(C)=C1/[C@H]2OC(=O)[C@@H](C)[C@@H]2CC[C@@]1(C)CC[Se]c1ccccc1[N+](=O)[O-]. The fourth-order valence-electron chi connectivity index (χ4n) is 4.70. The number of fused-ring (bicyclic) bond motifs is 1. The van der Waals surface area contributed by atoms with Crippen molar-refractivity contribution in [3.8, 4) is 0 Å². The van der Waals surface area contributed by atoms with Crippen molar-refractivity contribution in [1.82, 2.24) is 0 Å². The minimum atomic E-state index is -0.406. The Labute approximate surface area is 182 Å². The molecule has 2 aliphatic rings. The maximum absolute atomic E-state index is 12.4. The van der Waals surface area contributed by atoms with Gasteiger partial charge in [-0.1, -0.05) is 0 Å². The van der Waals surface area contributed by atoms with E-state index in [0.29, 0.717) is 5.57 Å². The number of nitro benzene ring substituents is 1. The molecule has 1 saturated carbocycles. The van der Waals surface area contributed by atoms with Crippen molar-refractivity contribution in [3.05, 3.63) is 45.5 Å². The summed E-state index contributed by atoms with van der Waals surface area (Å²) in [5, 5.41) is 12.1. The van der Waals surface area contributed by atoms with E-state index < -0.39 is 12.1 Å². The summed E-state index contributed by atoms with van der Waals surface area (Å²) < 4.78 is 11.5. The molecule has 0 N–H and O–H groups in total. The van der Waals surface area contributed by atoms with Gasteiger partial charge in [-0.2, -0.15) is 0 Å². The summed E-state index contributed by atoms with van der Waals surface area (Å²) in [4.78, 5) is 35.6. The second kappa shape index (κ2) is 8.90. The van der Waals surface area contributed by atoms with E-state index in [2.05, 4.69) is 6.92 Å². The maximum atomic E-state index is 12.4. The average molecular weight is 480 g/mol. The molecule has 0 unspecified atom stereocenters. The number of rotatable bonds is 6. The number of carbonyl (C=O) groups excluding carboxylic acids is 2. The number of hydrogen-bond donors (Lipinski definition) is 0. The van der Waals surface area contributed by atoms with Gasteiger partial charge >= 0.3 is 182 Å². The Balaban J connectivity index is 1.86. The molecular weight excluding hydrogens is 453 g/mol. The van der Waals surface area contributed by atoms with Crippen LogP contribution in [0.3, 0.4) is 0 Å². The van der Waals surface area contributed by atoms with Gasteiger partial charge in [0.05, 0.1) is 0 Å². The van der Waals surface area contributed by atoms with Gasteiger partial charge in [0.15, 0.2) is 0 Å². The molecule has 30 heavy (non-hydrogen) atoms. The number of esters is 2. The summed E-state index contributed by atoms with van der Waals surface area (Å²) >= 11 is -0.0759. The van der Waals surface area contributed by atoms with Crippen LogP contribution in [0.4, 0.5) is 5.69 Å². The molecule has 1 aliphatic heterocycles. The minimum absolute atomic E-state index is 0.0703. The molecule has 4 atom stereocenters. The summed E-state index contributed by atoms with van der Waals surface area (Å²) in [5.41, 5.74) is 1.21. The fraction of sp³-hybridized carbons (Fsp3) is 0.545. The van der Waals surface area contributed by atoms with Crippen LogP contribution >= 0.6 is 0 Å². The van der Waals surface area contributed by atoms with Crippen molar-refractivity contribution in [2.45, 2.75) is 51.5 Å². The van der Waals surface area contributed by atoms with Crippen LogP contribution in [0.2, 0.25) is 5.32 Å². The second-order valence-corrected chi connectivity index (χ2v) is 10.6. The first-order chi connectivity index (χ1) is 14.2. The molecule has 0 amide bonds. The van der Waals surface area contributed by atoms with Crippen LogP contribution in [0.5, 0.6) is 0 Å². The molecule has 0 radical (unpaired) electrons. The number of nitrogens with zero attached hydrogens (tertiary/aromatic N) is 1. The number of benzene rings is 1. The topological polar surface area (TPSA) is 95.7 Å². The van der Waals surface area contributed by atoms with Crippen molar-refractivity contribution < 1.29 is 24.0 Å². The van der Waals surface area contributed by atoms with Crippen molar-refractivity contribution in [2.24, 2.45) is 17.3 Å². The quantitative estimate of drug-likeness (QED) is 0.204. The first-order valence-corrected chi connectivity index (χ1v) is 12.1. The van der Waals surface area contributed by atoms with E-state index in [4.69, 9.17) is 9.47 Å². The molecule has 1 aromatic carbocycles. The van der Waals surface area contributed by atoms with Crippen molar-refractivity contribution in [2.75, 3.05) is 7.11 Å². The van der Waals surface area contributed by atoms with Crippen LogP contribution < -0.4 is 4.46 Å². The van der Waals surface area contributed by atoms with Crippen molar-refractivity contribution in [3.63, 3.8) is 0 Å². The molecule has 0 spiro atoms. The predicted octanol–water partition coefficient (Wildman–Crippen LogP) is 3.20. The van der Waals surface area contributed by atoms with Gasteiger partial charge < -0.3 is 0 Å². The molecule has 0 aromatic heterocycles. The molecule has 8 heteroatoms. The van der Waals surface area contributed by atoms with Gasteiger partial charge in [-0.3, -0.25) is 0 Å². The summed E-state index contributed by atoms with van der Waals surface area (Å²) in [7, 11) is 1.35. The molecule has 7 nitrogen and oxygen atoms in total. The molecule has 0 bridgehead atoms. The number of nitro groups is 1. The zero-order chi connectivity index (χ0) is 22.1. The van der Waals surface area contributed by atoms with Gasteiger partial charge in [0.1, 0.15) is 0 Å². The number of hydrogen-bond acceptors (Lipinski definition) is 6. The molecule has 1 aromatic rings. The zero-order valence-electron chi connectivity index (χ0n) is 17.7. The summed E-state index contributed by atoms with van der Waals surface area (Å²) in [5.74, 6) is -0.734. The first kappa shape index (κ1) is 22.5. The van der Waals surface area contributed by atoms with Gasteiger partial charge in [0.25, 0.3) is 0 Å². The average Bonchev–Trinajstić information content (AvgIpc) is 3.00. The standard InChI is InChI=1S/C22H27NO6Se/c1-13-15-9-10-22(3,11-12-30-17-8-6-5-7-16(17)23(26)27)18(14(2)20(24)28-4)19(15)29-21(13)25/h5-8,13,15,19H,9-12H2,1-4H3/b18-14-/t13-,15-,19-,22-/m0/s1. The Morgan fingerprint density at radius 1 is 1.40 bits per heavy atom. The van der Waals surface area contributed by atoms with Crippen LogP contribution in [-0.4, -0.2) is 45.0 Å². The summed E-state index contributed by atoms with van der Waals surface area (Å²) in [6, 6.07) is 6.85. The van der Waals surface area contributed by atoms with Gasteiger partial charge in [-0.05, 0) is 0 Å². The Hall–Kier alpha value is -2.18. The second-order valence-electron chi connectivity index (χ2n) is 8.26. The van der Waals surface area contributed by atoms with Gasteiger partial charge in [-0.15, -0.1) is 0 Å². The van der Waals surface area contributed by atoms with Crippen molar-refractivity contribution >= 4 is 37.0 Å². The van der Waals surface area contributed by atoms with Crippen LogP contribution in [-0.2, 0) is 19.1 Å². The van der Waals surface area contributed by atoms with E-state index in [-0.39, 0.29) is 48.8 Å². The normalized spacial score (nSPS) is 29.7. The molecular formula is C22H27NO6Se. The van der Waals surface area contributed by atoms with E-state index in [0.717, 1.165) is 34.6 Å². The molecule has 3 rings (SSSR count). The van der Waals surface area contributed by atoms with Crippen LogP contribution in [0.15, 0.2) is 35.4 Å². The van der Waals surface area contributed by atoms with Crippen LogP contribution in [0, 0.1) is 27.4 Å². The summed E-state index contributed by atoms with van der Waals surface area (Å²) in [6.45, 7) is 5.74. The third-order valence-corrected chi connectivity index (χ3v) is 8.71. The molecule has 2 fully saturated rings. The molecule has 162 valence electrons. The number of para-hydroxylation sites is 1. The Morgan fingerprint density at radius 3 is 2.77 bits per heavy atom. The Morgan fingerprint density at radius 2 is 2.10 bits per heavy atom. The molecule has 1 heterocycles. The third-order valence-electron chi connectivity index (χ3n) is 6.48. The molecule has 1 aliphatic carbocycles. The zero-order valence-corrected chi connectivity index (χ0v) is 19.4. The third kappa shape index (κ3) is 4.16. The van der Waals surface area contributed by atoms with Crippen LogP contribution in [0.1, 0.15) is 40.0 Å². The molecule has 1 saturated heterocycles. The van der Waals surface area contributed by atoms with E-state index in [9.17, 15) is 19.7 Å². The first-order valence-electron chi connectivity index (χ1n) is 10.1. The van der Waals surface area contributed by atoms with Gasteiger partial charge in [-0.25, -0.2) is 0 Å². The van der Waals surface area contributed by atoms with Gasteiger partial charge in [0, 0.05) is 0 Å². The Bertz CT molecular complexity index is 897. The number of ether oxygens (including phenoxy) is 2. The van der Waals surface area contributed by atoms with Gasteiger partial charge in [0.2, 0.25) is 0 Å². The van der Waals surface area contributed by atoms with E-state index in [1.54, 1.807) is 13.0 Å². The van der Waals surface area contributed by atoms with Crippen molar-refractivity contribution in [1.29, 1.82) is 0 Å². The monoisotopic (exact) mass is 481 g/mol. The Kier molecular flexibility index (Phi) is 6.68. The van der Waals surface area contributed by atoms with Crippen LogP contribution in [0.25, 0.3) is 0 Å². The predicted molar refractivity (Wildman–Crippen MR) is 112 cm³/mol. The van der Waals surface area contributed by atoms with E-state index in [1.165, 1.54) is 13.2 Å². The number of methoxy groups -OCH3 is 1. The van der Waals surface area contributed by atoms with E-state index >= 15 is 0 Å². The number of carbonyl (C=O) groups is 2.